The van der Waals surface area contributed by atoms with Gasteiger partial charge in [0.05, 0.1) is 11.7 Å². The first-order valence-electron chi connectivity index (χ1n) is 5.82. The molecule has 100 valence electrons. The fraction of sp³-hybridized carbons (Fsp3) is 0.214. The number of aryl methyl sites for hydroxylation is 1. The Morgan fingerprint density at radius 2 is 1.84 bits per heavy atom. The van der Waals surface area contributed by atoms with E-state index in [9.17, 15) is 8.78 Å². The van der Waals surface area contributed by atoms with Gasteiger partial charge in [0.2, 0.25) is 0 Å². The van der Waals surface area contributed by atoms with E-state index in [1.807, 2.05) is 6.92 Å². The molecule has 0 aliphatic heterocycles. The number of hydrogen-bond acceptors (Lipinski definition) is 2. The molecule has 1 unspecified atom stereocenters. The second kappa shape index (κ2) is 5.53. The highest BCUT2D eigenvalue weighted by Gasteiger charge is 2.17. The van der Waals surface area contributed by atoms with Gasteiger partial charge in [-0.3, -0.25) is 0 Å². The monoisotopic (exact) mass is 282 g/mol. The van der Waals surface area contributed by atoms with E-state index in [2.05, 4.69) is 10.3 Å². The maximum Gasteiger partial charge on any atom is 0.152 e. The van der Waals surface area contributed by atoms with E-state index in [4.69, 9.17) is 11.6 Å². The third-order valence-corrected chi connectivity index (χ3v) is 3.19. The van der Waals surface area contributed by atoms with Crippen LogP contribution in [0.4, 0.5) is 14.5 Å². The molecule has 5 heteroatoms. The van der Waals surface area contributed by atoms with Gasteiger partial charge in [0.15, 0.2) is 5.15 Å². The number of nitrogens with zero attached hydrogens (tertiary/aromatic N) is 1. The molecule has 0 aliphatic rings. The van der Waals surface area contributed by atoms with Crippen molar-refractivity contribution in [1.82, 2.24) is 4.98 Å². The average molecular weight is 283 g/mol. The third kappa shape index (κ3) is 2.84. The molecule has 0 radical (unpaired) electrons. The van der Waals surface area contributed by atoms with Crippen LogP contribution in [0, 0.1) is 18.6 Å². The van der Waals surface area contributed by atoms with Crippen molar-refractivity contribution >= 4 is 17.3 Å². The Bertz CT molecular complexity index is 561. The zero-order chi connectivity index (χ0) is 14.0. The summed E-state index contributed by atoms with van der Waals surface area (Å²) in [5.74, 6) is -1.17. The normalized spacial score (nSPS) is 12.3. The first kappa shape index (κ1) is 13.7. The van der Waals surface area contributed by atoms with Crippen LogP contribution in [0.25, 0.3) is 0 Å². The van der Waals surface area contributed by atoms with Crippen molar-refractivity contribution in [3.8, 4) is 0 Å². The molecule has 1 aromatic heterocycles. The summed E-state index contributed by atoms with van der Waals surface area (Å²) in [6.07, 6.45) is 1.58. The van der Waals surface area contributed by atoms with E-state index in [1.165, 1.54) is 18.2 Å². The molecule has 2 aromatic rings. The summed E-state index contributed by atoms with van der Waals surface area (Å²) in [6.45, 7) is 3.52. The maximum atomic E-state index is 13.7. The van der Waals surface area contributed by atoms with Gasteiger partial charge in [-0.25, -0.2) is 13.8 Å². The topological polar surface area (TPSA) is 24.9 Å². The number of aromatic nitrogens is 1. The molecule has 19 heavy (non-hydrogen) atoms. The molecule has 0 saturated carbocycles. The van der Waals surface area contributed by atoms with Gasteiger partial charge in [0.1, 0.15) is 11.6 Å². The molecule has 2 rings (SSSR count). The van der Waals surface area contributed by atoms with Crippen LogP contribution in [0.15, 0.2) is 30.5 Å². The van der Waals surface area contributed by atoms with Crippen LogP contribution in [-0.4, -0.2) is 4.98 Å². The van der Waals surface area contributed by atoms with Crippen LogP contribution in [0.3, 0.4) is 0 Å². The van der Waals surface area contributed by atoms with Gasteiger partial charge in [-0.15, -0.1) is 0 Å². The Morgan fingerprint density at radius 1 is 1.21 bits per heavy atom. The lowest BCUT2D eigenvalue weighted by Crippen LogP contribution is -2.12. The number of halogens is 3. The predicted molar refractivity (Wildman–Crippen MR) is 72.4 cm³/mol. The Balaban J connectivity index is 2.34. The van der Waals surface area contributed by atoms with Crippen LogP contribution in [0.1, 0.15) is 24.1 Å². The number of anilines is 1. The van der Waals surface area contributed by atoms with E-state index < -0.39 is 17.7 Å². The van der Waals surface area contributed by atoms with Crippen LogP contribution in [0.2, 0.25) is 5.15 Å². The Kier molecular flexibility index (Phi) is 4.00. The summed E-state index contributed by atoms with van der Waals surface area (Å²) in [6, 6.07) is 5.02. The van der Waals surface area contributed by atoms with E-state index >= 15 is 0 Å². The van der Waals surface area contributed by atoms with Gasteiger partial charge in [-0.05, 0) is 37.6 Å². The molecule has 0 saturated heterocycles. The lowest BCUT2D eigenvalue weighted by molar-refractivity contribution is 0.544. The summed E-state index contributed by atoms with van der Waals surface area (Å²) >= 11 is 5.98. The highest BCUT2D eigenvalue weighted by atomic mass is 35.5. The molecule has 1 N–H and O–H groups in total. The van der Waals surface area contributed by atoms with E-state index in [-0.39, 0.29) is 10.7 Å². The summed E-state index contributed by atoms with van der Waals surface area (Å²) in [5.41, 5.74) is 1.43. The van der Waals surface area contributed by atoms with Gasteiger partial charge in [0.25, 0.3) is 0 Å². The van der Waals surface area contributed by atoms with Crippen molar-refractivity contribution in [3.05, 3.63) is 58.4 Å². The standard InChI is InChI=1S/C14H13ClF2N2/c1-8-6-7-18-14(15)13(8)19-9(2)12-10(16)4-3-5-11(12)17/h3-7,9,19H,1-2H3. The molecule has 2 nitrogen and oxygen atoms in total. The Labute approximate surface area is 115 Å². The zero-order valence-corrected chi connectivity index (χ0v) is 11.3. The second-order valence-corrected chi connectivity index (χ2v) is 4.65. The molecule has 0 fully saturated rings. The van der Waals surface area contributed by atoms with E-state index in [0.29, 0.717) is 5.69 Å². The minimum absolute atomic E-state index is 0.0122. The van der Waals surface area contributed by atoms with E-state index in [1.54, 1.807) is 19.2 Å². The lowest BCUT2D eigenvalue weighted by atomic mass is 10.1. The smallest absolute Gasteiger partial charge is 0.152 e. The summed E-state index contributed by atoms with van der Waals surface area (Å²) in [7, 11) is 0. The first-order valence-corrected chi connectivity index (χ1v) is 6.20. The molecule has 0 bridgehead atoms. The Morgan fingerprint density at radius 3 is 2.42 bits per heavy atom. The molecular weight excluding hydrogens is 270 g/mol. The van der Waals surface area contributed by atoms with E-state index in [0.717, 1.165) is 5.56 Å². The third-order valence-electron chi connectivity index (χ3n) is 2.91. The predicted octanol–water partition coefficient (Wildman–Crippen LogP) is 4.49. The first-order chi connectivity index (χ1) is 9.00. The largest absolute Gasteiger partial charge is 0.376 e. The van der Waals surface area contributed by atoms with Crippen molar-refractivity contribution in [2.24, 2.45) is 0 Å². The zero-order valence-electron chi connectivity index (χ0n) is 10.5. The number of hydrogen-bond donors (Lipinski definition) is 1. The molecule has 1 heterocycles. The number of nitrogens with one attached hydrogen (secondary N) is 1. The van der Waals surface area contributed by atoms with Crippen molar-refractivity contribution in [1.29, 1.82) is 0 Å². The van der Waals surface area contributed by atoms with Crippen LogP contribution in [-0.2, 0) is 0 Å². The highest BCUT2D eigenvalue weighted by molar-refractivity contribution is 6.32. The van der Waals surface area contributed by atoms with Crippen LogP contribution >= 0.6 is 11.6 Å². The fourth-order valence-electron chi connectivity index (χ4n) is 1.91. The van der Waals surface area contributed by atoms with Gasteiger partial charge < -0.3 is 5.32 Å². The minimum atomic E-state index is -0.585. The van der Waals surface area contributed by atoms with Crippen molar-refractivity contribution in [2.45, 2.75) is 19.9 Å². The summed E-state index contributed by atoms with van der Waals surface area (Å²) < 4.78 is 27.4. The molecule has 1 atom stereocenters. The van der Waals surface area contributed by atoms with Crippen LogP contribution < -0.4 is 5.32 Å². The average Bonchev–Trinajstić information content (AvgIpc) is 2.34. The van der Waals surface area contributed by atoms with Gasteiger partial charge in [-0.1, -0.05) is 17.7 Å². The van der Waals surface area contributed by atoms with Gasteiger partial charge in [-0.2, -0.15) is 0 Å². The highest BCUT2D eigenvalue weighted by Crippen LogP contribution is 2.29. The Hall–Kier alpha value is -1.68. The van der Waals surface area contributed by atoms with Gasteiger partial charge >= 0.3 is 0 Å². The van der Waals surface area contributed by atoms with Crippen molar-refractivity contribution in [2.75, 3.05) is 5.32 Å². The van der Waals surface area contributed by atoms with Crippen LogP contribution in [0.5, 0.6) is 0 Å². The molecule has 0 amide bonds. The van der Waals surface area contributed by atoms with Crippen molar-refractivity contribution in [3.63, 3.8) is 0 Å². The number of benzene rings is 1. The SMILES string of the molecule is Cc1ccnc(Cl)c1NC(C)c1c(F)cccc1F. The lowest BCUT2D eigenvalue weighted by Gasteiger charge is -2.19. The maximum absolute atomic E-state index is 13.7. The summed E-state index contributed by atoms with van der Waals surface area (Å²) in [4.78, 5) is 3.95. The summed E-state index contributed by atoms with van der Waals surface area (Å²) in [5, 5.41) is 3.28. The minimum Gasteiger partial charge on any atom is -0.376 e. The number of pyridine rings is 1. The molecule has 1 aromatic carbocycles. The molecule has 0 aliphatic carbocycles. The fourth-order valence-corrected chi connectivity index (χ4v) is 2.17. The van der Waals surface area contributed by atoms with Crippen molar-refractivity contribution < 1.29 is 8.78 Å². The molecular formula is C14H13ClF2N2. The quantitative estimate of drug-likeness (QED) is 0.839. The molecule has 0 spiro atoms. The second-order valence-electron chi connectivity index (χ2n) is 4.30. The van der Waals surface area contributed by atoms with Gasteiger partial charge in [0, 0.05) is 11.8 Å². The number of rotatable bonds is 3.